The molecule has 0 fully saturated rings. The fraction of sp³-hybridized carbons (Fsp3) is 0.391. The van der Waals surface area contributed by atoms with Crippen LogP contribution in [-0.4, -0.2) is 29.4 Å². The number of carbonyl (C=O) groups is 2. The van der Waals surface area contributed by atoms with E-state index in [1.807, 2.05) is 0 Å². The van der Waals surface area contributed by atoms with Gasteiger partial charge in [-0.3, -0.25) is 4.79 Å². The van der Waals surface area contributed by atoms with Gasteiger partial charge in [0, 0.05) is 11.1 Å². The fourth-order valence-electron chi connectivity index (χ4n) is 3.11. The normalized spacial score (nSPS) is 12.2. The number of phenolic OH excluding ortho intramolecular Hbond substituents is 1. The molecular weight excluding hydrogens is 408 g/mol. The first kappa shape index (κ1) is 24.1. The number of halogens is 2. The number of hydrogen-bond acceptors (Lipinski definition) is 5. The zero-order valence-electron chi connectivity index (χ0n) is 18.2. The quantitative estimate of drug-likeness (QED) is 0.612. The smallest absolute Gasteiger partial charge is 0.408 e. The highest BCUT2D eigenvalue weighted by molar-refractivity contribution is 5.76. The summed E-state index contributed by atoms with van der Waals surface area (Å²) in [5, 5.41) is 12.7. The highest BCUT2D eigenvalue weighted by Gasteiger charge is 2.27. The van der Waals surface area contributed by atoms with E-state index < -0.39 is 41.8 Å². The summed E-state index contributed by atoms with van der Waals surface area (Å²) in [6.07, 6.45) is -1.34. The number of alkyl carbamates (subject to hydrolysis) is 1. The monoisotopic (exact) mass is 435 g/mol. The van der Waals surface area contributed by atoms with Crippen molar-refractivity contribution >= 4 is 12.1 Å². The summed E-state index contributed by atoms with van der Waals surface area (Å²) >= 11 is 0. The third-order valence-electron chi connectivity index (χ3n) is 4.34. The van der Waals surface area contributed by atoms with E-state index in [2.05, 4.69) is 5.32 Å². The number of aryl methyl sites for hydroxylation is 1. The van der Waals surface area contributed by atoms with Crippen molar-refractivity contribution in [3.05, 3.63) is 53.1 Å². The van der Waals surface area contributed by atoms with Crippen LogP contribution in [0.2, 0.25) is 0 Å². The summed E-state index contributed by atoms with van der Waals surface area (Å²) in [4.78, 5) is 24.4. The van der Waals surface area contributed by atoms with Gasteiger partial charge in [-0.25, -0.2) is 13.6 Å². The van der Waals surface area contributed by atoms with Crippen LogP contribution < -0.4 is 5.32 Å². The van der Waals surface area contributed by atoms with Gasteiger partial charge in [-0.05, 0) is 63.9 Å². The predicted molar refractivity (Wildman–Crippen MR) is 112 cm³/mol. The molecule has 0 aliphatic rings. The first-order valence-corrected chi connectivity index (χ1v) is 9.86. The second-order valence-electron chi connectivity index (χ2n) is 8.04. The lowest BCUT2D eigenvalue weighted by atomic mass is 9.94. The topological polar surface area (TPSA) is 84.9 Å². The molecule has 6 nitrogen and oxygen atoms in total. The molecule has 168 valence electrons. The summed E-state index contributed by atoms with van der Waals surface area (Å²) in [5.74, 6) is -3.22. The Kier molecular flexibility index (Phi) is 7.60. The number of nitrogens with one attached hydrogen (secondary N) is 1. The van der Waals surface area contributed by atoms with Crippen LogP contribution in [0.4, 0.5) is 13.6 Å². The largest absolute Gasteiger partial charge is 0.507 e. The minimum Gasteiger partial charge on any atom is -0.507 e. The van der Waals surface area contributed by atoms with E-state index in [0.717, 1.165) is 6.07 Å². The molecule has 31 heavy (non-hydrogen) atoms. The zero-order valence-corrected chi connectivity index (χ0v) is 18.2. The molecular formula is C23H27F2NO5. The molecule has 0 radical (unpaired) electrons. The highest BCUT2D eigenvalue weighted by atomic mass is 19.2. The van der Waals surface area contributed by atoms with Gasteiger partial charge in [-0.15, -0.1) is 0 Å². The Morgan fingerprint density at radius 3 is 2.45 bits per heavy atom. The Morgan fingerprint density at radius 2 is 1.87 bits per heavy atom. The van der Waals surface area contributed by atoms with Gasteiger partial charge in [0.1, 0.15) is 11.4 Å². The van der Waals surface area contributed by atoms with Crippen LogP contribution in [-0.2, 0) is 14.3 Å². The Hall–Kier alpha value is -3.16. The molecule has 0 aromatic heterocycles. The maximum absolute atomic E-state index is 14.8. The number of amides is 1. The Labute approximate surface area is 180 Å². The molecule has 0 spiro atoms. The first-order valence-electron chi connectivity index (χ1n) is 9.86. The Morgan fingerprint density at radius 1 is 1.19 bits per heavy atom. The standard InChI is InChI=1S/C23H27F2NO5/c1-6-30-19(28)12-17(26-22(29)31-23(3,4)5)15-10-14(11-16(24)21(15)25)20-13(2)8-7-9-18(20)27/h7-11,17,27H,6,12H2,1-5H3,(H,26,29)/t17-/m0/s1. The number of carbonyl (C=O) groups excluding carboxylic acids is 2. The van der Waals surface area contributed by atoms with E-state index in [1.54, 1.807) is 46.8 Å². The molecule has 1 atom stereocenters. The molecule has 2 N–H and O–H groups in total. The number of hydrogen-bond donors (Lipinski definition) is 2. The third-order valence-corrected chi connectivity index (χ3v) is 4.34. The molecule has 8 heteroatoms. The van der Waals surface area contributed by atoms with Gasteiger partial charge >= 0.3 is 12.1 Å². The van der Waals surface area contributed by atoms with Crippen molar-refractivity contribution < 1.29 is 33.0 Å². The average molecular weight is 435 g/mol. The number of rotatable bonds is 6. The summed E-state index contributed by atoms with van der Waals surface area (Å²) in [7, 11) is 0. The summed E-state index contributed by atoms with van der Waals surface area (Å²) in [5.41, 5.74) is 0.0478. The van der Waals surface area contributed by atoms with Gasteiger partial charge in [0.2, 0.25) is 0 Å². The number of esters is 1. The molecule has 0 saturated carbocycles. The lowest BCUT2D eigenvalue weighted by Gasteiger charge is -2.24. The fourth-order valence-corrected chi connectivity index (χ4v) is 3.11. The molecule has 0 aliphatic carbocycles. The van der Waals surface area contributed by atoms with Crippen LogP contribution in [0.15, 0.2) is 30.3 Å². The first-order chi connectivity index (χ1) is 14.4. The second kappa shape index (κ2) is 9.76. The number of aromatic hydroxyl groups is 1. The SMILES string of the molecule is CCOC(=O)C[C@H](NC(=O)OC(C)(C)C)c1cc(-c2c(C)cccc2O)cc(F)c1F. The molecule has 0 unspecified atom stereocenters. The molecule has 0 heterocycles. The van der Waals surface area contributed by atoms with Gasteiger partial charge in [0.25, 0.3) is 0 Å². The maximum atomic E-state index is 14.8. The summed E-state index contributed by atoms with van der Waals surface area (Å²) in [6.45, 7) is 8.35. The van der Waals surface area contributed by atoms with Crippen LogP contribution in [0.1, 0.15) is 51.3 Å². The van der Waals surface area contributed by atoms with Gasteiger partial charge in [0.15, 0.2) is 11.6 Å². The van der Waals surface area contributed by atoms with Gasteiger partial charge < -0.3 is 19.9 Å². The Bertz CT molecular complexity index is 949. The van der Waals surface area contributed by atoms with Crippen LogP contribution >= 0.6 is 0 Å². The van der Waals surface area contributed by atoms with E-state index in [1.165, 1.54) is 12.1 Å². The summed E-state index contributed by atoms with van der Waals surface area (Å²) < 4.78 is 39.4. The number of ether oxygens (including phenoxy) is 2. The molecule has 0 bridgehead atoms. The van der Waals surface area contributed by atoms with Crippen molar-refractivity contribution in [2.45, 2.75) is 52.7 Å². The number of phenols is 1. The van der Waals surface area contributed by atoms with E-state index in [-0.39, 0.29) is 23.5 Å². The third kappa shape index (κ3) is 6.41. The van der Waals surface area contributed by atoms with Gasteiger partial charge in [-0.1, -0.05) is 12.1 Å². The van der Waals surface area contributed by atoms with Crippen molar-refractivity contribution in [1.29, 1.82) is 0 Å². The van der Waals surface area contributed by atoms with E-state index in [9.17, 15) is 23.5 Å². The lowest BCUT2D eigenvalue weighted by Crippen LogP contribution is -2.36. The summed E-state index contributed by atoms with van der Waals surface area (Å²) in [6, 6.07) is 5.76. The van der Waals surface area contributed by atoms with Crippen LogP contribution in [0.5, 0.6) is 5.75 Å². The van der Waals surface area contributed by atoms with Crippen LogP contribution in [0, 0.1) is 18.6 Å². The van der Waals surface area contributed by atoms with Crippen LogP contribution in [0.3, 0.4) is 0 Å². The van der Waals surface area contributed by atoms with Gasteiger partial charge in [-0.2, -0.15) is 0 Å². The Balaban J connectivity index is 2.54. The second-order valence-corrected chi connectivity index (χ2v) is 8.04. The van der Waals surface area contributed by atoms with Crippen molar-refractivity contribution in [1.82, 2.24) is 5.32 Å². The van der Waals surface area contributed by atoms with Crippen molar-refractivity contribution in [2.75, 3.05) is 6.61 Å². The van der Waals surface area contributed by atoms with Crippen molar-refractivity contribution in [3.63, 3.8) is 0 Å². The van der Waals surface area contributed by atoms with Gasteiger partial charge in [0.05, 0.1) is 19.1 Å². The minimum atomic E-state index is -1.26. The number of benzene rings is 2. The average Bonchev–Trinajstić information content (AvgIpc) is 2.62. The van der Waals surface area contributed by atoms with Crippen LogP contribution in [0.25, 0.3) is 11.1 Å². The molecule has 0 aliphatic heterocycles. The van der Waals surface area contributed by atoms with E-state index in [4.69, 9.17) is 9.47 Å². The molecule has 0 saturated heterocycles. The molecule has 2 aromatic carbocycles. The lowest BCUT2D eigenvalue weighted by molar-refractivity contribution is -0.143. The predicted octanol–water partition coefficient (Wildman–Crippen LogP) is 5.16. The highest BCUT2D eigenvalue weighted by Crippen LogP contribution is 2.36. The molecule has 1 amide bonds. The molecule has 2 rings (SSSR count). The minimum absolute atomic E-state index is 0.0892. The maximum Gasteiger partial charge on any atom is 0.408 e. The molecule has 2 aromatic rings. The van der Waals surface area contributed by atoms with Crippen molar-refractivity contribution in [2.24, 2.45) is 0 Å². The van der Waals surface area contributed by atoms with E-state index >= 15 is 0 Å². The van der Waals surface area contributed by atoms with E-state index in [0.29, 0.717) is 11.1 Å². The van der Waals surface area contributed by atoms with Crippen molar-refractivity contribution in [3.8, 4) is 16.9 Å². The zero-order chi connectivity index (χ0) is 23.3.